The zero-order valence-corrected chi connectivity index (χ0v) is 20.3. The van der Waals surface area contributed by atoms with Crippen LogP contribution in [0.2, 0.25) is 0 Å². The third kappa shape index (κ3) is 5.23. The second-order valence-corrected chi connectivity index (χ2v) is 8.65. The Balaban J connectivity index is 1.60. The van der Waals surface area contributed by atoms with E-state index in [9.17, 15) is 4.79 Å². The number of rotatable bonds is 8. The normalized spacial score (nSPS) is 10.7. The van der Waals surface area contributed by atoms with Crippen LogP contribution >= 0.6 is 11.8 Å². The van der Waals surface area contributed by atoms with Crippen LogP contribution in [0.1, 0.15) is 11.1 Å². The Morgan fingerprint density at radius 1 is 0.882 bits per heavy atom. The van der Waals surface area contributed by atoms with Crippen molar-refractivity contribution in [3.05, 3.63) is 77.9 Å². The highest BCUT2D eigenvalue weighted by atomic mass is 32.2. The Morgan fingerprint density at radius 2 is 1.53 bits per heavy atom. The van der Waals surface area contributed by atoms with Gasteiger partial charge >= 0.3 is 0 Å². The quantitative estimate of drug-likeness (QED) is 0.349. The molecule has 7 nitrogen and oxygen atoms in total. The van der Waals surface area contributed by atoms with Crippen molar-refractivity contribution in [3.8, 4) is 28.6 Å². The second kappa shape index (κ2) is 10.4. The van der Waals surface area contributed by atoms with E-state index in [2.05, 4.69) is 15.5 Å². The number of benzene rings is 3. The number of thioether (sulfide) groups is 1. The standard InChI is InChI=1S/C26H26N4O3S/c1-17-5-8-20(15-18(17)2)27-24(31)16-34-26-29-28-25(19-6-11-22(32-3)12-7-19)30(26)21-9-13-23(33-4)14-10-21/h5-15H,16H2,1-4H3,(H,27,31). The van der Waals surface area contributed by atoms with E-state index < -0.39 is 0 Å². The SMILES string of the molecule is COc1ccc(-c2nnc(SCC(=O)Nc3ccc(C)c(C)c3)n2-c2ccc(OC)cc2)cc1. The third-order valence-corrected chi connectivity index (χ3v) is 6.36. The largest absolute Gasteiger partial charge is 0.497 e. The first-order valence-corrected chi connectivity index (χ1v) is 11.7. The first-order chi connectivity index (χ1) is 16.5. The molecule has 8 heteroatoms. The van der Waals surface area contributed by atoms with Crippen molar-refractivity contribution in [2.45, 2.75) is 19.0 Å². The number of carbonyl (C=O) groups is 1. The number of nitrogens with zero attached hydrogens (tertiary/aromatic N) is 3. The number of ether oxygens (including phenoxy) is 2. The minimum absolute atomic E-state index is 0.108. The van der Waals surface area contributed by atoms with E-state index in [1.807, 2.05) is 85.1 Å². The van der Waals surface area contributed by atoms with Gasteiger partial charge in [-0.25, -0.2) is 0 Å². The van der Waals surface area contributed by atoms with Crippen molar-refractivity contribution < 1.29 is 14.3 Å². The van der Waals surface area contributed by atoms with Crippen LogP contribution in [-0.4, -0.2) is 40.6 Å². The molecule has 1 aromatic heterocycles. The fraction of sp³-hybridized carbons (Fsp3) is 0.192. The monoisotopic (exact) mass is 474 g/mol. The van der Waals surface area contributed by atoms with Gasteiger partial charge in [-0.2, -0.15) is 0 Å². The van der Waals surface area contributed by atoms with Gasteiger partial charge in [0.1, 0.15) is 11.5 Å². The average Bonchev–Trinajstić information content (AvgIpc) is 3.29. The maximum absolute atomic E-state index is 12.6. The predicted molar refractivity (Wildman–Crippen MR) is 135 cm³/mol. The number of aromatic nitrogens is 3. The molecule has 0 radical (unpaired) electrons. The molecule has 0 atom stereocenters. The van der Waals surface area contributed by atoms with Gasteiger partial charge in [-0.15, -0.1) is 10.2 Å². The summed E-state index contributed by atoms with van der Waals surface area (Å²) in [5.41, 5.74) is 4.85. The van der Waals surface area contributed by atoms with Gasteiger partial charge in [-0.05, 0) is 85.6 Å². The fourth-order valence-corrected chi connectivity index (χ4v) is 4.15. The Hall–Kier alpha value is -3.78. The number of hydrogen-bond donors (Lipinski definition) is 1. The summed E-state index contributed by atoms with van der Waals surface area (Å²) in [4.78, 5) is 12.6. The zero-order chi connectivity index (χ0) is 24.1. The number of aryl methyl sites for hydroxylation is 2. The highest BCUT2D eigenvalue weighted by molar-refractivity contribution is 7.99. The molecule has 3 aromatic carbocycles. The Labute approximate surface area is 203 Å². The summed E-state index contributed by atoms with van der Waals surface area (Å²) in [5, 5.41) is 12.4. The highest BCUT2D eigenvalue weighted by Crippen LogP contribution is 2.30. The molecule has 0 aliphatic rings. The van der Waals surface area contributed by atoms with Gasteiger partial charge in [0.05, 0.1) is 20.0 Å². The van der Waals surface area contributed by atoms with Crippen LogP contribution in [-0.2, 0) is 4.79 Å². The topological polar surface area (TPSA) is 78.3 Å². The van der Waals surface area contributed by atoms with Crippen LogP contribution in [0.4, 0.5) is 5.69 Å². The lowest BCUT2D eigenvalue weighted by atomic mass is 10.1. The predicted octanol–water partition coefficient (Wildman–Crippen LogP) is 5.30. The minimum atomic E-state index is -0.108. The lowest BCUT2D eigenvalue weighted by molar-refractivity contribution is -0.113. The molecule has 0 bridgehead atoms. The Morgan fingerprint density at radius 3 is 2.15 bits per heavy atom. The van der Waals surface area contributed by atoms with Crippen molar-refractivity contribution in [1.82, 2.24) is 14.8 Å². The van der Waals surface area contributed by atoms with Crippen molar-refractivity contribution in [3.63, 3.8) is 0 Å². The van der Waals surface area contributed by atoms with Crippen molar-refractivity contribution in [1.29, 1.82) is 0 Å². The molecule has 0 saturated carbocycles. The number of hydrogen-bond acceptors (Lipinski definition) is 6. The third-order valence-electron chi connectivity index (χ3n) is 5.44. The summed E-state index contributed by atoms with van der Waals surface area (Å²) in [6.07, 6.45) is 0. The summed E-state index contributed by atoms with van der Waals surface area (Å²) in [5.74, 6) is 2.28. The zero-order valence-electron chi connectivity index (χ0n) is 19.5. The van der Waals surface area contributed by atoms with E-state index in [-0.39, 0.29) is 11.7 Å². The molecular weight excluding hydrogens is 448 g/mol. The van der Waals surface area contributed by atoms with E-state index in [0.717, 1.165) is 34.0 Å². The molecule has 4 aromatic rings. The van der Waals surface area contributed by atoms with Crippen LogP contribution in [0.25, 0.3) is 17.1 Å². The van der Waals surface area contributed by atoms with Gasteiger partial charge < -0.3 is 14.8 Å². The molecule has 1 amide bonds. The number of methoxy groups -OCH3 is 2. The van der Waals surface area contributed by atoms with Gasteiger partial charge in [0, 0.05) is 16.9 Å². The minimum Gasteiger partial charge on any atom is -0.497 e. The summed E-state index contributed by atoms with van der Waals surface area (Å²) < 4.78 is 12.5. The maximum Gasteiger partial charge on any atom is 0.234 e. The van der Waals surface area contributed by atoms with E-state index in [0.29, 0.717) is 11.0 Å². The lowest BCUT2D eigenvalue weighted by Crippen LogP contribution is -2.14. The van der Waals surface area contributed by atoms with Crippen LogP contribution < -0.4 is 14.8 Å². The number of anilines is 1. The maximum atomic E-state index is 12.6. The Bertz CT molecular complexity index is 1280. The molecule has 174 valence electrons. The second-order valence-electron chi connectivity index (χ2n) is 7.70. The Kier molecular flexibility index (Phi) is 7.18. The first kappa shape index (κ1) is 23.4. The number of amides is 1. The van der Waals surface area contributed by atoms with E-state index >= 15 is 0 Å². The summed E-state index contributed by atoms with van der Waals surface area (Å²) in [7, 11) is 3.26. The van der Waals surface area contributed by atoms with Gasteiger partial charge in [-0.1, -0.05) is 17.8 Å². The summed E-state index contributed by atoms with van der Waals surface area (Å²) in [6.45, 7) is 4.07. The molecule has 0 spiro atoms. The van der Waals surface area contributed by atoms with Gasteiger partial charge in [0.2, 0.25) is 5.91 Å². The molecule has 34 heavy (non-hydrogen) atoms. The molecule has 0 unspecified atom stereocenters. The first-order valence-electron chi connectivity index (χ1n) is 10.7. The van der Waals surface area contributed by atoms with Crippen LogP contribution in [0.15, 0.2) is 71.9 Å². The molecule has 1 N–H and O–H groups in total. The molecule has 1 heterocycles. The fourth-order valence-electron chi connectivity index (χ4n) is 3.40. The molecule has 0 saturated heterocycles. The van der Waals surface area contributed by atoms with Crippen molar-refractivity contribution in [2.75, 3.05) is 25.3 Å². The van der Waals surface area contributed by atoms with Crippen molar-refractivity contribution >= 4 is 23.4 Å². The molecule has 0 fully saturated rings. The lowest BCUT2D eigenvalue weighted by Gasteiger charge is -2.12. The van der Waals surface area contributed by atoms with Gasteiger partial charge in [0.25, 0.3) is 0 Å². The number of nitrogens with one attached hydrogen (secondary N) is 1. The smallest absolute Gasteiger partial charge is 0.234 e. The van der Waals surface area contributed by atoms with Crippen LogP contribution in [0, 0.1) is 13.8 Å². The molecule has 0 aliphatic heterocycles. The summed E-state index contributed by atoms with van der Waals surface area (Å²) in [6, 6.07) is 21.2. The number of carbonyl (C=O) groups excluding carboxylic acids is 1. The summed E-state index contributed by atoms with van der Waals surface area (Å²) >= 11 is 1.33. The highest BCUT2D eigenvalue weighted by Gasteiger charge is 2.18. The van der Waals surface area contributed by atoms with Crippen LogP contribution in [0.5, 0.6) is 11.5 Å². The molecular formula is C26H26N4O3S. The molecule has 4 rings (SSSR count). The average molecular weight is 475 g/mol. The van der Waals surface area contributed by atoms with E-state index in [4.69, 9.17) is 9.47 Å². The van der Waals surface area contributed by atoms with E-state index in [1.54, 1.807) is 14.2 Å². The molecule has 0 aliphatic carbocycles. The van der Waals surface area contributed by atoms with Gasteiger partial charge in [0.15, 0.2) is 11.0 Å². The van der Waals surface area contributed by atoms with Gasteiger partial charge in [-0.3, -0.25) is 9.36 Å². The van der Waals surface area contributed by atoms with E-state index in [1.165, 1.54) is 17.3 Å². The van der Waals surface area contributed by atoms with Crippen LogP contribution in [0.3, 0.4) is 0 Å². The van der Waals surface area contributed by atoms with Crippen molar-refractivity contribution in [2.24, 2.45) is 0 Å².